The number of rotatable bonds is 6. The molecule has 1 aromatic carbocycles. The third-order valence-electron chi connectivity index (χ3n) is 5.49. The molecule has 0 unspecified atom stereocenters. The van der Waals surface area contributed by atoms with Gasteiger partial charge in [-0.05, 0) is 37.8 Å². The molecule has 2 fully saturated rings. The number of hydrogen-bond donors (Lipinski definition) is 1. The van der Waals surface area contributed by atoms with Crippen molar-refractivity contribution >= 4 is 17.7 Å². The number of thioether (sulfide) groups is 1. The maximum Gasteiger partial charge on any atom is 0.230 e. The monoisotopic (exact) mass is 402 g/mol. The van der Waals surface area contributed by atoms with Crippen LogP contribution in [0, 0.1) is 5.82 Å². The fourth-order valence-electron chi connectivity index (χ4n) is 3.86. The van der Waals surface area contributed by atoms with Gasteiger partial charge in [-0.15, -0.1) is 10.2 Å². The quantitative estimate of drug-likeness (QED) is 0.709. The predicted molar refractivity (Wildman–Crippen MR) is 109 cm³/mol. The van der Waals surface area contributed by atoms with Crippen molar-refractivity contribution in [2.75, 3.05) is 5.75 Å². The Balaban J connectivity index is 1.41. The molecule has 0 bridgehead atoms. The lowest BCUT2D eigenvalue weighted by atomic mass is 9.97. The molecule has 4 rings (SSSR count). The second-order valence-electron chi connectivity index (χ2n) is 7.79. The van der Waals surface area contributed by atoms with Crippen LogP contribution in [0.2, 0.25) is 0 Å². The molecule has 28 heavy (non-hydrogen) atoms. The molecule has 2 saturated carbocycles. The Morgan fingerprint density at radius 3 is 2.50 bits per heavy atom. The lowest BCUT2D eigenvalue weighted by molar-refractivity contribution is -0.119. The van der Waals surface area contributed by atoms with E-state index in [-0.39, 0.29) is 11.7 Å². The van der Waals surface area contributed by atoms with E-state index in [1.165, 1.54) is 49.9 Å². The molecule has 0 radical (unpaired) electrons. The van der Waals surface area contributed by atoms with Gasteiger partial charge in [0, 0.05) is 12.1 Å². The van der Waals surface area contributed by atoms with Gasteiger partial charge in [-0.25, -0.2) is 4.39 Å². The molecule has 1 aromatic heterocycles. The van der Waals surface area contributed by atoms with E-state index in [0.29, 0.717) is 34.4 Å². The van der Waals surface area contributed by atoms with Crippen molar-refractivity contribution in [3.8, 4) is 11.4 Å². The lowest BCUT2D eigenvalue weighted by Crippen LogP contribution is -2.36. The summed E-state index contributed by atoms with van der Waals surface area (Å²) in [5, 5.41) is 12.4. The summed E-state index contributed by atoms with van der Waals surface area (Å²) in [6.07, 6.45) is 10.5. The Kier molecular flexibility index (Phi) is 6.29. The average molecular weight is 403 g/mol. The number of benzene rings is 1. The highest BCUT2D eigenvalue weighted by molar-refractivity contribution is 7.99. The van der Waals surface area contributed by atoms with E-state index < -0.39 is 0 Å². The summed E-state index contributed by atoms with van der Waals surface area (Å²) in [6.45, 7) is 0. The van der Waals surface area contributed by atoms with Gasteiger partial charge in [0.1, 0.15) is 5.82 Å². The Morgan fingerprint density at radius 1 is 1.07 bits per heavy atom. The molecule has 5 nitrogen and oxygen atoms in total. The van der Waals surface area contributed by atoms with E-state index in [1.54, 1.807) is 18.2 Å². The van der Waals surface area contributed by atoms with Crippen molar-refractivity contribution in [2.24, 2.45) is 0 Å². The van der Waals surface area contributed by atoms with E-state index >= 15 is 0 Å². The summed E-state index contributed by atoms with van der Waals surface area (Å²) in [4.78, 5) is 12.5. The maximum atomic E-state index is 14.2. The van der Waals surface area contributed by atoms with Gasteiger partial charge in [-0.1, -0.05) is 56.0 Å². The summed E-state index contributed by atoms with van der Waals surface area (Å²) in [5.41, 5.74) is 0.465. The molecule has 1 N–H and O–H groups in total. The third-order valence-corrected chi connectivity index (χ3v) is 6.44. The van der Waals surface area contributed by atoms with Gasteiger partial charge < -0.3 is 5.32 Å². The highest BCUT2D eigenvalue weighted by Gasteiger charge is 2.31. The maximum absolute atomic E-state index is 14.2. The molecule has 1 amide bonds. The normalized spacial score (nSPS) is 18.5. The number of carbonyl (C=O) groups is 1. The van der Waals surface area contributed by atoms with Crippen LogP contribution in [0.15, 0.2) is 29.4 Å². The molecule has 2 aliphatic carbocycles. The first-order valence-corrected chi connectivity index (χ1v) is 11.3. The molecule has 0 atom stereocenters. The summed E-state index contributed by atoms with van der Waals surface area (Å²) >= 11 is 1.40. The molecule has 150 valence electrons. The number of nitrogens with zero attached hydrogens (tertiary/aromatic N) is 3. The van der Waals surface area contributed by atoms with E-state index in [9.17, 15) is 9.18 Å². The molecule has 2 aliphatic rings. The Hall–Kier alpha value is -1.89. The standard InChI is InChI=1S/C21H27FN4OS/c22-18-11-7-6-10-17(18)20-24-25-21(26(20)16-12-13-16)28-14-19(27)23-15-8-4-2-1-3-5-9-15/h6-7,10-11,15-16H,1-5,8-9,12-14H2,(H,23,27). The number of nitrogens with one attached hydrogen (secondary N) is 1. The molecule has 0 saturated heterocycles. The minimum Gasteiger partial charge on any atom is -0.353 e. The first kappa shape index (κ1) is 19.4. The zero-order valence-corrected chi connectivity index (χ0v) is 16.9. The SMILES string of the molecule is O=C(CSc1nnc(-c2ccccc2F)n1C1CC1)NC1CCCCCCC1. The van der Waals surface area contributed by atoms with Gasteiger partial charge in [0.25, 0.3) is 0 Å². The first-order chi connectivity index (χ1) is 13.7. The van der Waals surface area contributed by atoms with Crippen molar-refractivity contribution in [1.82, 2.24) is 20.1 Å². The fourth-order valence-corrected chi connectivity index (χ4v) is 4.68. The highest BCUT2D eigenvalue weighted by atomic mass is 32.2. The second kappa shape index (κ2) is 9.07. The molecule has 7 heteroatoms. The van der Waals surface area contributed by atoms with E-state index in [1.807, 2.05) is 4.57 Å². The Labute approximate surface area is 169 Å². The first-order valence-electron chi connectivity index (χ1n) is 10.3. The van der Waals surface area contributed by atoms with Crippen LogP contribution < -0.4 is 5.32 Å². The van der Waals surface area contributed by atoms with E-state index in [4.69, 9.17) is 0 Å². The van der Waals surface area contributed by atoms with Crippen LogP contribution >= 0.6 is 11.8 Å². The van der Waals surface area contributed by atoms with Crippen LogP contribution in [0.1, 0.15) is 63.8 Å². The van der Waals surface area contributed by atoms with Crippen LogP contribution in [0.3, 0.4) is 0 Å². The van der Waals surface area contributed by atoms with Gasteiger partial charge in [-0.2, -0.15) is 0 Å². The smallest absolute Gasteiger partial charge is 0.230 e. The number of amides is 1. The molecular formula is C21H27FN4OS. The van der Waals surface area contributed by atoms with Gasteiger partial charge in [0.05, 0.1) is 11.3 Å². The third kappa shape index (κ3) is 4.74. The second-order valence-corrected chi connectivity index (χ2v) is 8.73. The van der Waals surface area contributed by atoms with Crippen molar-refractivity contribution < 1.29 is 9.18 Å². The Morgan fingerprint density at radius 2 is 1.79 bits per heavy atom. The van der Waals surface area contributed by atoms with Crippen molar-refractivity contribution in [1.29, 1.82) is 0 Å². The zero-order chi connectivity index (χ0) is 19.3. The average Bonchev–Trinajstić information content (AvgIpc) is 3.42. The molecule has 2 aromatic rings. The largest absolute Gasteiger partial charge is 0.353 e. The molecule has 0 spiro atoms. The number of aromatic nitrogens is 3. The van der Waals surface area contributed by atoms with Crippen molar-refractivity contribution in [2.45, 2.75) is 75.0 Å². The number of carbonyl (C=O) groups excluding carboxylic acids is 1. The van der Waals surface area contributed by atoms with Gasteiger partial charge >= 0.3 is 0 Å². The molecule has 0 aliphatic heterocycles. The minimum absolute atomic E-state index is 0.0494. The number of hydrogen-bond acceptors (Lipinski definition) is 4. The topological polar surface area (TPSA) is 59.8 Å². The Bertz CT molecular complexity index is 812. The molecular weight excluding hydrogens is 375 g/mol. The van der Waals surface area contributed by atoms with Crippen LogP contribution in [0.4, 0.5) is 4.39 Å². The summed E-state index contributed by atoms with van der Waals surface area (Å²) in [7, 11) is 0. The predicted octanol–water partition coefficient (Wildman–Crippen LogP) is 4.74. The lowest BCUT2D eigenvalue weighted by Gasteiger charge is -2.20. The van der Waals surface area contributed by atoms with Crippen LogP contribution in [-0.2, 0) is 4.79 Å². The van der Waals surface area contributed by atoms with Crippen molar-refractivity contribution in [3.63, 3.8) is 0 Å². The van der Waals surface area contributed by atoms with E-state index in [0.717, 1.165) is 25.7 Å². The summed E-state index contributed by atoms with van der Waals surface area (Å²) in [6, 6.07) is 7.25. The van der Waals surface area contributed by atoms with Gasteiger partial charge in [0.15, 0.2) is 11.0 Å². The van der Waals surface area contributed by atoms with E-state index in [2.05, 4.69) is 15.5 Å². The van der Waals surface area contributed by atoms with Crippen LogP contribution in [0.25, 0.3) is 11.4 Å². The van der Waals surface area contributed by atoms with Gasteiger partial charge in [-0.3, -0.25) is 9.36 Å². The number of halogens is 1. The minimum atomic E-state index is -0.296. The van der Waals surface area contributed by atoms with Crippen LogP contribution in [0.5, 0.6) is 0 Å². The zero-order valence-electron chi connectivity index (χ0n) is 16.1. The molecule has 1 heterocycles. The van der Waals surface area contributed by atoms with Gasteiger partial charge in [0.2, 0.25) is 5.91 Å². The summed E-state index contributed by atoms with van der Waals surface area (Å²) < 4.78 is 16.2. The fraction of sp³-hybridized carbons (Fsp3) is 0.571. The summed E-state index contributed by atoms with van der Waals surface area (Å²) in [5.74, 6) is 0.630. The van der Waals surface area contributed by atoms with Crippen molar-refractivity contribution in [3.05, 3.63) is 30.1 Å². The van der Waals surface area contributed by atoms with Crippen LogP contribution in [-0.4, -0.2) is 32.5 Å². The highest BCUT2D eigenvalue weighted by Crippen LogP contribution is 2.41.